The highest BCUT2D eigenvalue weighted by atomic mass is 32.2. The molecule has 0 radical (unpaired) electrons. The zero-order valence-corrected chi connectivity index (χ0v) is 12.1. The molecule has 2 aromatic carbocycles. The van der Waals surface area contributed by atoms with Gasteiger partial charge in [0, 0.05) is 10.6 Å². The van der Waals surface area contributed by atoms with E-state index in [1.807, 2.05) is 42.1 Å². The van der Waals surface area contributed by atoms with E-state index in [4.69, 9.17) is 4.74 Å². The number of ether oxygens (including phenoxy) is 1. The molecular formula is C16H15F3OS. The fourth-order valence-electron chi connectivity index (χ4n) is 2.68. The van der Waals surface area contributed by atoms with Crippen LogP contribution in [0.3, 0.4) is 0 Å². The van der Waals surface area contributed by atoms with E-state index >= 15 is 0 Å². The van der Waals surface area contributed by atoms with Gasteiger partial charge in [-0.2, -0.15) is 24.9 Å². The SMILES string of the molecule is FC(F)(F)COc1ccc(C2CCCS2)c2ccccc12. The number of thioether (sulfide) groups is 1. The average molecular weight is 312 g/mol. The molecule has 2 aromatic rings. The van der Waals surface area contributed by atoms with Crippen LogP contribution in [0.1, 0.15) is 23.7 Å². The predicted octanol–water partition coefficient (Wildman–Crippen LogP) is 5.35. The minimum atomic E-state index is -4.32. The quantitative estimate of drug-likeness (QED) is 0.755. The molecule has 1 unspecified atom stereocenters. The predicted molar refractivity (Wildman–Crippen MR) is 79.9 cm³/mol. The maximum atomic E-state index is 12.3. The van der Waals surface area contributed by atoms with Crippen molar-refractivity contribution in [1.29, 1.82) is 0 Å². The Hall–Kier alpha value is -1.36. The standard InChI is InChI=1S/C16H15F3OS/c17-16(18,19)10-20-14-8-7-13(15-6-3-9-21-15)11-4-1-2-5-12(11)14/h1-2,4-5,7-8,15H,3,6,9-10H2. The number of fused-ring (bicyclic) bond motifs is 1. The lowest BCUT2D eigenvalue weighted by Gasteiger charge is -2.16. The molecule has 0 aliphatic carbocycles. The maximum absolute atomic E-state index is 12.3. The summed E-state index contributed by atoms with van der Waals surface area (Å²) in [6.07, 6.45) is -2.01. The van der Waals surface area contributed by atoms with Crippen LogP contribution >= 0.6 is 11.8 Å². The lowest BCUT2D eigenvalue weighted by Crippen LogP contribution is -2.19. The molecule has 1 atom stereocenters. The first-order valence-electron chi connectivity index (χ1n) is 6.87. The summed E-state index contributed by atoms with van der Waals surface area (Å²) in [7, 11) is 0. The maximum Gasteiger partial charge on any atom is 0.422 e. The van der Waals surface area contributed by atoms with Crippen molar-refractivity contribution in [3.05, 3.63) is 42.0 Å². The van der Waals surface area contributed by atoms with Gasteiger partial charge >= 0.3 is 6.18 Å². The number of rotatable bonds is 3. The first kappa shape index (κ1) is 14.6. The van der Waals surface area contributed by atoms with E-state index in [2.05, 4.69) is 0 Å². The van der Waals surface area contributed by atoms with Gasteiger partial charge in [-0.15, -0.1) is 0 Å². The van der Waals surface area contributed by atoms with Crippen LogP contribution in [0, 0.1) is 0 Å². The van der Waals surface area contributed by atoms with Gasteiger partial charge in [-0.1, -0.05) is 30.3 Å². The van der Waals surface area contributed by atoms with Gasteiger partial charge in [0.2, 0.25) is 0 Å². The summed E-state index contributed by atoms with van der Waals surface area (Å²) < 4.78 is 42.0. The van der Waals surface area contributed by atoms with Crippen molar-refractivity contribution < 1.29 is 17.9 Å². The first-order valence-corrected chi connectivity index (χ1v) is 7.92. The molecule has 0 spiro atoms. The van der Waals surface area contributed by atoms with E-state index in [0.717, 1.165) is 22.9 Å². The average Bonchev–Trinajstić information content (AvgIpc) is 2.97. The Labute approximate surface area is 125 Å². The second-order valence-electron chi connectivity index (χ2n) is 5.10. The zero-order chi connectivity index (χ0) is 14.9. The van der Waals surface area contributed by atoms with Gasteiger partial charge in [-0.3, -0.25) is 0 Å². The Bertz CT molecular complexity index is 633. The summed E-state index contributed by atoms with van der Waals surface area (Å²) in [5.74, 6) is 1.44. The van der Waals surface area contributed by atoms with Crippen molar-refractivity contribution in [3.63, 3.8) is 0 Å². The minimum Gasteiger partial charge on any atom is -0.483 e. The molecule has 5 heteroatoms. The monoisotopic (exact) mass is 312 g/mol. The van der Waals surface area contributed by atoms with E-state index in [1.165, 1.54) is 12.0 Å². The van der Waals surface area contributed by atoms with Crippen molar-refractivity contribution in [2.45, 2.75) is 24.3 Å². The Morgan fingerprint density at radius 2 is 1.86 bits per heavy atom. The molecule has 0 aromatic heterocycles. The highest BCUT2D eigenvalue weighted by Crippen LogP contribution is 2.44. The van der Waals surface area contributed by atoms with Crippen molar-refractivity contribution in [3.8, 4) is 5.75 Å². The van der Waals surface area contributed by atoms with Gasteiger partial charge in [0.1, 0.15) is 5.75 Å². The van der Waals surface area contributed by atoms with Crippen LogP contribution in [-0.4, -0.2) is 18.5 Å². The summed E-state index contributed by atoms with van der Waals surface area (Å²) in [4.78, 5) is 0. The van der Waals surface area contributed by atoms with Gasteiger partial charge in [-0.25, -0.2) is 0 Å². The topological polar surface area (TPSA) is 9.23 Å². The molecule has 21 heavy (non-hydrogen) atoms. The Morgan fingerprint density at radius 1 is 1.10 bits per heavy atom. The normalized spacial score (nSPS) is 19.1. The molecule has 1 nitrogen and oxygen atoms in total. The first-order chi connectivity index (χ1) is 10.0. The molecular weight excluding hydrogens is 297 g/mol. The van der Waals surface area contributed by atoms with Crippen LogP contribution in [-0.2, 0) is 0 Å². The summed E-state index contributed by atoms with van der Waals surface area (Å²) in [5.41, 5.74) is 1.20. The number of alkyl halides is 3. The largest absolute Gasteiger partial charge is 0.483 e. The van der Waals surface area contributed by atoms with E-state index in [1.54, 1.807) is 6.07 Å². The minimum absolute atomic E-state index is 0.301. The van der Waals surface area contributed by atoms with Crippen LogP contribution in [0.5, 0.6) is 5.75 Å². The molecule has 1 fully saturated rings. The number of hydrogen-bond donors (Lipinski definition) is 0. The molecule has 3 rings (SSSR count). The van der Waals surface area contributed by atoms with Gasteiger partial charge in [0.25, 0.3) is 0 Å². The third-order valence-electron chi connectivity index (χ3n) is 3.59. The van der Waals surface area contributed by atoms with Crippen LogP contribution in [0.4, 0.5) is 13.2 Å². The molecule has 0 amide bonds. The second-order valence-corrected chi connectivity index (χ2v) is 6.41. The highest BCUT2D eigenvalue weighted by molar-refractivity contribution is 7.99. The Balaban J connectivity index is 1.98. The van der Waals surface area contributed by atoms with Crippen LogP contribution < -0.4 is 4.74 Å². The van der Waals surface area contributed by atoms with Crippen molar-refractivity contribution in [2.75, 3.05) is 12.4 Å². The van der Waals surface area contributed by atoms with Gasteiger partial charge in [0.15, 0.2) is 6.61 Å². The Kier molecular flexibility index (Phi) is 4.02. The van der Waals surface area contributed by atoms with Crippen molar-refractivity contribution in [2.24, 2.45) is 0 Å². The molecule has 0 saturated carbocycles. The lowest BCUT2D eigenvalue weighted by molar-refractivity contribution is -0.153. The van der Waals surface area contributed by atoms with Gasteiger partial charge < -0.3 is 4.74 Å². The van der Waals surface area contributed by atoms with E-state index < -0.39 is 12.8 Å². The van der Waals surface area contributed by atoms with Crippen molar-refractivity contribution in [1.82, 2.24) is 0 Å². The fourth-order valence-corrected chi connectivity index (χ4v) is 4.02. The number of hydrogen-bond acceptors (Lipinski definition) is 2. The summed E-state index contributed by atoms with van der Waals surface area (Å²) in [6.45, 7) is -1.26. The molecule has 0 N–H and O–H groups in total. The smallest absolute Gasteiger partial charge is 0.422 e. The zero-order valence-electron chi connectivity index (χ0n) is 11.3. The number of halogens is 3. The Morgan fingerprint density at radius 3 is 2.52 bits per heavy atom. The third-order valence-corrected chi connectivity index (χ3v) is 5.00. The van der Waals surface area contributed by atoms with Crippen LogP contribution in [0.2, 0.25) is 0 Å². The van der Waals surface area contributed by atoms with Crippen molar-refractivity contribution >= 4 is 22.5 Å². The second kappa shape index (κ2) is 5.79. The van der Waals surface area contributed by atoms with E-state index in [-0.39, 0.29) is 0 Å². The van der Waals surface area contributed by atoms with E-state index in [0.29, 0.717) is 11.0 Å². The van der Waals surface area contributed by atoms with Crippen LogP contribution in [0.15, 0.2) is 36.4 Å². The fraction of sp³-hybridized carbons (Fsp3) is 0.375. The molecule has 1 heterocycles. The number of benzene rings is 2. The van der Waals surface area contributed by atoms with E-state index in [9.17, 15) is 13.2 Å². The molecule has 0 bridgehead atoms. The molecule has 1 saturated heterocycles. The van der Waals surface area contributed by atoms with Crippen LogP contribution in [0.25, 0.3) is 10.8 Å². The molecule has 1 aliphatic heterocycles. The van der Waals surface area contributed by atoms with Gasteiger partial charge in [-0.05, 0) is 35.6 Å². The lowest BCUT2D eigenvalue weighted by atomic mass is 9.99. The molecule has 1 aliphatic rings. The summed E-state index contributed by atoms with van der Waals surface area (Å²) >= 11 is 1.91. The molecule has 112 valence electrons. The third kappa shape index (κ3) is 3.28. The summed E-state index contributed by atoms with van der Waals surface area (Å²) in [6, 6.07) is 11.1. The highest BCUT2D eigenvalue weighted by Gasteiger charge is 2.29. The summed E-state index contributed by atoms with van der Waals surface area (Å²) in [5, 5.41) is 2.19. The van der Waals surface area contributed by atoms with Gasteiger partial charge in [0.05, 0.1) is 0 Å².